The summed E-state index contributed by atoms with van der Waals surface area (Å²) in [5, 5.41) is 8.64. The van der Waals surface area contributed by atoms with Crippen molar-refractivity contribution < 1.29 is 32.6 Å². The Labute approximate surface area is 114 Å². The molecule has 0 saturated heterocycles. The van der Waals surface area contributed by atoms with E-state index in [2.05, 4.69) is 0 Å². The van der Waals surface area contributed by atoms with Crippen molar-refractivity contribution in [3.05, 3.63) is 23.8 Å². The molecule has 0 saturated carbocycles. The quantitative estimate of drug-likeness (QED) is 0.613. The normalized spacial score (nSPS) is 20.1. The highest BCUT2D eigenvalue weighted by molar-refractivity contribution is 7.91. The summed E-state index contributed by atoms with van der Waals surface area (Å²) in [4.78, 5) is 33.9. The van der Waals surface area contributed by atoms with Crippen molar-refractivity contribution in [1.82, 2.24) is 0 Å². The van der Waals surface area contributed by atoms with Crippen molar-refractivity contribution in [2.24, 2.45) is 5.92 Å². The van der Waals surface area contributed by atoms with Crippen molar-refractivity contribution in [3.63, 3.8) is 0 Å². The van der Waals surface area contributed by atoms with Crippen LogP contribution in [0.4, 0.5) is 0 Å². The molecule has 1 N–H and O–H groups in total. The number of aliphatic carboxylic acids is 1. The number of carbonyl (C=O) groups excluding carboxylic acids is 2. The van der Waals surface area contributed by atoms with Crippen LogP contribution in [0.3, 0.4) is 0 Å². The third-order valence-electron chi connectivity index (χ3n) is 3.02. The summed E-state index contributed by atoms with van der Waals surface area (Å²) in [7, 11) is -2.58. The first kappa shape index (κ1) is 14.2. The van der Waals surface area contributed by atoms with Crippen LogP contribution < -0.4 is 4.74 Å². The van der Waals surface area contributed by atoms with E-state index in [0.29, 0.717) is 0 Å². The first-order valence-electron chi connectivity index (χ1n) is 5.50. The van der Waals surface area contributed by atoms with E-state index in [0.717, 1.165) is 0 Å². The smallest absolute Gasteiger partial charge is 0.372 e. The SMILES string of the molecule is COc1ccc2c(c1)S(=O)(=O)CC(C(=O)C(=O)O)C2=O. The number of hydrogen-bond donors (Lipinski definition) is 1. The van der Waals surface area contributed by atoms with E-state index < -0.39 is 39.0 Å². The Kier molecular flexibility index (Phi) is 3.34. The number of benzene rings is 1. The number of methoxy groups -OCH3 is 1. The minimum absolute atomic E-state index is 0.184. The van der Waals surface area contributed by atoms with Gasteiger partial charge in [0.15, 0.2) is 15.6 Å². The standard InChI is InChI=1S/C12H10O7S/c1-19-6-2-3-7-9(4-6)20(17,18)5-8(10(7)13)11(14)12(15)16/h2-4,8H,5H2,1H3,(H,15,16). The summed E-state index contributed by atoms with van der Waals surface area (Å²) in [6, 6.07) is 3.78. The Balaban J connectivity index is 2.60. The molecule has 1 unspecified atom stereocenters. The van der Waals surface area contributed by atoms with Gasteiger partial charge < -0.3 is 9.84 Å². The lowest BCUT2D eigenvalue weighted by atomic mass is 9.94. The molecule has 2 rings (SSSR count). The number of rotatable bonds is 3. The van der Waals surface area contributed by atoms with E-state index in [1.807, 2.05) is 0 Å². The van der Waals surface area contributed by atoms with Crippen LogP contribution in [0.2, 0.25) is 0 Å². The van der Waals surface area contributed by atoms with E-state index >= 15 is 0 Å². The Morgan fingerprint density at radius 2 is 2.00 bits per heavy atom. The van der Waals surface area contributed by atoms with E-state index in [1.54, 1.807) is 0 Å². The number of ketones is 2. The Morgan fingerprint density at radius 1 is 1.35 bits per heavy atom. The van der Waals surface area contributed by atoms with Gasteiger partial charge in [-0.1, -0.05) is 0 Å². The number of fused-ring (bicyclic) bond motifs is 1. The molecule has 1 aromatic rings. The molecule has 106 valence electrons. The summed E-state index contributed by atoms with van der Waals surface area (Å²) in [6.45, 7) is 0. The van der Waals surface area contributed by atoms with Gasteiger partial charge in [-0.2, -0.15) is 0 Å². The van der Waals surface area contributed by atoms with Crippen molar-refractivity contribution in [1.29, 1.82) is 0 Å². The van der Waals surface area contributed by atoms with Crippen LogP contribution in [-0.4, -0.2) is 43.9 Å². The van der Waals surface area contributed by atoms with Gasteiger partial charge >= 0.3 is 5.97 Å². The van der Waals surface area contributed by atoms with Gasteiger partial charge in [-0.15, -0.1) is 0 Å². The molecule has 0 bridgehead atoms. The van der Waals surface area contributed by atoms with Gasteiger partial charge in [0.1, 0.15) is 11.7 Å². The van der Waals surface area contributed by atoms with Crippen LogP contribution in [0, 0.1) is 5.92 Å². The Bertz CT molecular complexity index is 717. The topological polar surface area (TPSA) is 115 Å². The van der Waals surface area contributed by atoms with Crippen LogP contribution in [-0.2, 0) is 19.4 Å². The largest absolute Gasteiger partial charge is 0.497 e. The maximum Gasteiger partial charge on any atom is 0.372 e. The molecule has 0 radical (unpaired) electrons. The molecule has 8 heteroatoms. The van der Waals surface area contributed by atoms with Gasteiger partial charge in [-0.05, 0) is 18.2 Å². The van der Waals surface area contributed by atoms with Crippen LogP contribution in [0.15, 0.2) is 23.1 Å². The second-order valence-electron chi connectivity index (χ2n) is 4.23. The third kappa shape index (κ3) is 2.18. The van der Waals surface area contributed by atoms with Gasteiger partial charge in [0.05, 0.1) is 17.8 Å². The van der Waals surface area contributed by atoms with Gasteiger partial charge in [0.25, 0.3) is 5.78 Å². The molecule has 0 spiro atoms. The maximum absolute atomic E-state index is 12.1. The second kappa shape index (κ2) is 4.71. The van der Waals surface area contributed by atoms with Gasteiger partial charge in [-0.3, -0.25) is 9.59 Å². The van der Waals surface area contributed by atoms with Crippen molar-refractivity contribution >= 4 is 27.4 Å². The third-order valence-corrected chi connectivity index (χ3v) is 4.80. The van der Waals surface area contributed by atoms with Crippen molar-refractivity contribution in [2.75, 3.05) is 12.9 Å². The first-order valence-corrected chi connectivity index (χ1v) is 7.15. The van der Waals surface area contributed by atoms with Crippen LogP contribution in [0.25, 0.3) is 0 Å². The Hall–Kier alpha value is -2.22. The number of carboxylic acids is 1. The van der Waals surface area contributed by atoms with E-state index in [4.69, 9.17) is 9.84 Å². The van der Waals surface area contributed by atoms with Gasteiger partial charge in [0.2, 0.25) is 0 Å². The number of sulfone groups is 1. The van der Waals surface area contributed by atoms with Crippen molar-refractivity contribution in [2.45, 2.75) is 4.90 Å². The van der Waals surface area contributed by atoms with E-state index in [-0.39, 0.29) is 16.2 Å². The molecule has 1 heterocycles. The summed E-state index contributed by atoms with van der Waals surface area (Å²) >= 11 is 0. The maximum atomic E-state index is 12.1. The molecule has 1 aliphatic heterocycles. The van der Waals surface area contributed by atoms with E-state index in [1.165, 1.54) is 25.3 Å². The molecule has 0 aromatic heterocycles. The summed E-state index contributed by atoms with van der Waals surface area (Å²) in [6.07, 6.45) is 0. The lowest BCUT2D eigenvalue weighted by Gasteiger charge is -2.21. The zero-order valence-corrected chi connectivity index (χ0v) is 11.1. The summed E-state index contributed by atoms with van der Waals surface area (Å²) in [5.74, 6) is -6.32. The fourth-order valence-corrected chi connectivity index (χ4v) is 3.73. The molecule has 1 atom stereocenters. The zero-order chi connectivity index (χ0) is 15.1. The lowest BCUT2D eigenvalue weighted by molar-refractivity contribution is -0.150. The zero-order valence-electron chi connectivity index (χ0n) is 10.3. The highest BCUT2D eigenvalue weighted by Crippen LogP contribution is 2.31. The molecule has 1 aromatic carbocycles. The highest BCUT2D eigenvalue weighted by Gasteiger charge is 2.43. The molecule has 20 heavy (non-hydrogen) atoms. The fourth-order valence-electron chi connectivity index (χ4n) is 2.01. The number of carboxylic acid groups (broad SMARTS) is 1. The molecule has 7 nitrogen and oxygen atoms in total. The number of ether oxygens (including phenoxy) is 1. The predicted octanol–water partition coefficient (Wildman–Crippen LogP) is -0.0649. The average molecular weight is 298 g/mol. The van der Waals surface area contributed by atoms with Gasteiger partial charge in [-0.25, -0.2) is 13.2 Å². The van der Waals surface area contributed by atoms with Crippen LogP contribution in [0.1, 0.15) is 10.4 Å². The highest BCUT2D eigenvalue weighted by atomic mass is 32.2. The molecular weight excluding hydrogens is 288 g/mol. The van der Waals surface area contributed by atoms with Gasteiger partial charge in [0, 0.05) is 5.56 Å². The minimum Gasteiger partial charge on any atom is -0.497 e. The summed E-state index contributed by atoms with van der Waals surface area (Å²) < 4.78 is 29.0. The monoisotopic (exact) mass is 298 g/mol. The molecule has 0 aliphatic carbocycles. The number of hydrogen-bond acceptors (Lipinski definition) is 6. The average Bonchev–Trinajstić information content (AvgIpc) is 2.41. The number of Topliss-reactive ketones (excluding diaryl/α,β-unsaturated/α-hetero) is 2. The van der Waals surface area contributed by atoms with Crippen molar-refractivity contribution in [3.8, 4) is 5.75 Å². The molecule has 1 aliphatic rings. The fraction of sp³-hybridized carbons (Fsp3) is 0.250. The summed E-state index contributed by atoms with van der Waals surface area (Å²) in [5.41, 5.74) is -0.184. The van der Waals surface area contributed by atoms with Crippen LogP contribution >= 0.6 is 0 Å². The lowest BCUT2D eigenvalue weighted by Crippen LogP contribution is -2.39. The second-order valence-corrected chi connectivity index (χ2v) is 6.23. The molecular formula is C12H10O7S. The minimum atomic E-state index is -3.92. The van der Waals surface area contributed by atoms with Crippen LogP contribution in [0.5, 0.6) is 5.75 Å². The number of carbonyl (C=O) groups is 3. The predicted molar refractivity (Wildman–Crippen MR) is 65.5 cm³/mol. The van der Waals surface area contributed by atoms with E-state index in [9.17, 15) is 22.8 Å². The first-order chi connectivity index (χ1) is 9.27. The molecule has 0 fully saturated rings. The Morgan fingerprint density at radius 3 is 2.55 bits per heavy atom. The molecule has 0 amide bonds.